The van der Waals surface area contributed by atoms with Gasteiger partial charge in [0.1, 0.15) is 0 Å². The number of nitrogens with one attached hydrogen (secondary N) is 2. The van der Waals surface area contributed by atoms with Gasteiger partial charge in [-0.1, -0.05) is 30.5 Å². The van der Waals surface area contributed by atoms with Crippen LogP contribution in [0.25, 0.3) is 0 Å². The average Bonchev–Trinajstić information content (AvgIpc) is 3.05. The Kier molecular flexibility index (Phi) is 4.82. The molecular formula is C18H20ClN3O. The van der Waals surface area contributed by atoms with Crippen LogP contribution >= 0.6 is 11.6 Å². The van der Waals surface area contributed by atoms with Crippen LogP contribution < -0.4 is 10.6 Å². The molecule has 1 aliphatic carbocycles. The summed E-state index contributed by atoms with van der Waals surface area (Å²) in [6, 6.07) is 7.81. The lowest BCUT2D eigenvalue weighted by atomic mass is 10.1. The van der Waals surface area contributed by atoms with Gasteiger partial charge in [-0.15, -0.1) is 0 Å². The Morgan fingerprint density at radius 2 is 2.04 bits per heavy atom. The highest BCUT2D eigenvalue weighted by molar-refractivity contribution is 6.31. The van der Waals surface area contributed by atoms with Gasteiger partial charge in [0.15, 0.2) is 0 Å². The van der Waals surface area contributed by atoms with Gasteiger partial charge in [0.05, 0.1) is 11.3 Å². The quantitative estimate of drug-likeness (QED) is 0.858. The zero-order valence-electron chi connectivity index (χ0n) is 13.1. The number of carbonyl (C=O) groups excluding carboxylic acids is 1. The molecule has 0 saturated heterocycles. The summed E-state index contributed by atoms with van der Waals surface area (Å²) in [6.45, 7) is 1.88. The van der Waals surface area contributed by atoms with Crippen molar-refractivity contribution in [2.45, 2.75) is 38.6 Å². The molecule has 2 N–H and O–H groups in total. The van der Waals surface area contributed by atoms with E-state index < -0.39 is 0 Å². The number of benzene rings is 1. The molecule has 3 rings (SSSR count). The first-order valence-electron chi connectivity index (χ1n) is 7.91. The molecule has 0 unspecified atom stereocenters. The topological polar surface area (TPSA) is 54.0 Å². The minimum absolute atomic E-state index is 0.182. The molecule has 0 spiro atoms. The maximum atomic E-state index is 12.4. The summed E-state index contributed by atoms with van der Waals surface area (Å²) in [5, 5.41) is 6.99. The maximum Gasteiger partial charge on any atom is 0.257 e. The summed E-state index contributed by atoms with van der Waals surface area (Å²) in [7, 11) is 0. The minimum Gasteiger partial charge on any atom is -0.381 e. The highest BCUT2D eigenvalue weighted by atomic mass is 35.5. The number of nitrogens with zero attached hydrogens (tertiary/aromatic N) is 1. The van der Waals surface area contributed by atoms with E-state index in [0.717, 1.165) is 16.9 Å². The number of hydrogen-bond acceptors (Lipinski definition) is 3. The molecule has 4 nitrogen and oxygen atoms in total. The fraction of sp³-hybridized carbons (Fsp3) is 0.333. The second kappa shape index (κ2) is 7.01. The molecule has 0 radical (unpaired) electrons. The molecule has 1 aromatic carbocycles. The Morgan fingerprint density at radius 3 is 2.83 bits per heavy atom. The predicted octanol–water partition coefficient (Wildman–Crippen LogP) is 4.65. The molecule has 1 aromatic heterocycles. The van der Waals surface area contributed by atoms with Crippen molar-refractivity contribution in [2.24, 2.45) is 0 Å². The highest BCUT2D eigenvalue weighted by Crippen LogP contribution is 2.24. The van der Waals surface area contributed by atoms with E-state index in [1.54, 1.807) is 18.5 Å². The summed E-state index contributed by atoms with van der Waals surface area (Å²) in [4.78, 5) is 16.6. The van der Waals surface area contributed by atoms with Crippen molar-refractivity contribution < 1.29 is 4.79 Å². The number of pyridine rings is 1. The van der Waals surface area contributed by atoms with Crippen molar-refractivity contribution in [2.75, 3.05) is 10.6 Å². The Bertz CT molecular complexity index is 711. The molecule has 1 aliphatic rings. The molecule has 1 fully saturated rings. The van der Waals surface area contributed by atoms with Gasteiger partial charge in [-0.2, -0.15) is 0 Å². The lowest BCUT2D eigenvalue weighted by molar-refractivity contribution is 0.102. The number of aromatic nitrogens is 1. The fourth-order valence-corrected chi connectivity index (χ4v) is 3.06. The van der Waals surface area contributed by atoms with E-state index in [1.165, 1.54) is 25.7 Å². The molecule has 2 aromatic rings. The minimum atomic E-state index is -0.182. The molecular weight excluding hydrogens is 310 g/mol. The molecule has 1 amide bonds. The number of hydrogen-bond donors (Lipinski definition) is 2. The predicted molar refractivity (Wildman–Crippen MR) is 94.3 cm³/mol. The Labute approximate surface area is 141 Å². The van der Waals surface area contributed by atoms with Crippen LogP contribution in [0, 0.1) is 6.92 Å². The van der Waals surface area contributed by atoms with E-state index in [2.05, 4.69) is 15.6 Å². The van der Waals surface area contributed by atoms with Crippen molar-refractivity contribution in [3.63, 3.8) is 0 Å². The zero-order chi connectivity index (χ0) is 16.2. The largest absolute Gasteiger partial charge is 0.381 e. The van der Waals surface area contributed by atoms with Crippen LogP contribution in [0.15, 0.2) is 36.7 Å². The van der Waals surface area contributed by atoms with E-state index >= 15 is 0 Å². The van der Waals surface area contributed by atoms with Crippen molar-refractivity contribution >= 4 is 28.9 Å². The lowest BCUT2D eigenvalue weighted by Gasteiger charge is -2.14. The summed E-state index contributed by atoms with van der Waals surface area (Å²) >= 11 is 6.09. The number of halogens is 1. The first-order valence-corrected chi connectivity index (χ1v) is 8.29. The summed E-state index contributed by atoms with van der Waals surface area (Å²) in [6.07, 6.45) is 8.23. The second-order valence-corrected chi connectivity index (χ2v) is 6.36. The van der Waals surface area contributed by atoms with Gasteiger partial charge in [0, 0.05) is 29.1 Å². The van der Waals surface area contributed by atoms with Crippen molar-refractivity contribution in [1.82, 2.24) is 4.98 Å². The number of rotatable bonds is 4. The third-order valence-electron chi connectivity index (χ3n) is 4.24. The molecule has 0 aliphatic heterocycles. The van der Waals surface area contributed by atoms with Crippen LogP contribution in [-0.2, 0) is 0 Å². The van der Waals surface area contributed by atoms with Crippen LogP contribution in [0.2, 0.25) is 5.02 Å². The van der Waals surface area contributed by atoms with Gasteiger partial charge in [-0.05, 0) is 43.5 Å². The van der Waals surface area contributed by atoms with Crippen molar-refractivity contribution in [3.05, 3.63) is 52.8 Å². The molecule has 0 atom stereocenters. The summed E-state index contributed by atoms with van der Waals surface area (Å²) < 4.78 is 0. The molecule has 23 heavy (non-hydrogen) atoms. The number of anilines is 2. The van der Waals surface area contributed by atoms with E-state index in [4.69, 9.17) is 11.6 Å². The average molecular weight is 330 g/mol. The van der Waals surface area contributed by atoms with E-state index in [0.29, 0.717) is 16.6 Å². The molecule has 0 bridgehead atoms. The normalized spacial score (nSPS) is 14.7. The van der Waals surface area contributed by atoms with E-state index in [1.807, 2.05) is 25.1 Å². The Morgan fingerprint density at radius 1 is 1.26 bits per heavy atom. The van der Waals surface area contributed by atoms with Gasteiger partial charge in [-0.3, -0.25) is 9.78 Å². The number of carbonyl (C=O) groups is 1. The first kappa shape index (κ1) is 15.8. The van der Waals surface area contributed by atoms with Crippen LogP contribution in [-0.4, -0.2) is 16.9 Å². The van der Waals surface area contributed by atoms with Gasteiger partial charge in [0.2, 0.25) is 0 Å². The SMILES string of the molecule is Cc1c(Cl)cccc1NC(=O)c1cncc(NC2CCCC2)c1. The standard InChI is InChI=1S/C18H20ClN3O/c1-12-16(19)7-4-8-17(12)22-18(23)13-9-15(11-20-10-13)21-14-5-2-3-6-14/h4,7-11,14,21H,2-3,5-6H2,1H3,(H,22,23). The summed E-state index contributed by atoms with van der Waals surface area (Å²) in [5.74, 6) is -0.182. The van der Waals surface area contributed by atoms with E-state index in [-0.39, 0.29) is 5.91 Å². The number of amides is 1. The maximum absolute atomic E-state index is 12.4. The third-order valence-corrected chi connectivity index (χ3v) is 4.65. The van der Waals surface area contributed by atoms with Crippen LogP contribution in [0.3, 0.4) is 0 Å². The molecule has 1 heterocycles. The first-order chi connectivity index (χ1) is 11.1. The van der Waals surface area contributed by atoms with Crippen molar-refractivity contribution in [1.29, 1.82) is 0 Å². The monoisotopic (exact) mass is 329 g/mol. The van der Waals surface area contributed by atoms with E-state index in [9.17, 15) is 4.79 Å². The fourth-order valence-electron chi connectivity index (χ4n) is 2.89. The van der Waals surface area contributed by atoms with Gasteiger partial charge < -0.3 is 10.6 Å². The Hall–Kier alpha value is -2.07. The third kappa shape index (κ3) is 3.82. The summed E-state index contributed by atoms with van der Waals surface area (Å²) in [5.41, 5.74) is 3.01. The smallest absolute Gasteiger partial charge is 0.257 e. The molecule has 120 valence electrons. The van der Waals surface area contributed by atoms with Gasteiger partial charge >= 0.3 is 0 Å². The van der Waals surface area contributed by atoms with Crippen molar-refractivity contribution in [3.8, 4) is 0 Å². The highest BCUT2D eigenvalue weighted by Gasteiger charge is 2.15. The van der Waals surface area contributed by atoms with Crippen LogP contribution in [0.1, 0.15) is 41.6 Å². The van der Waals surface area contributed by atoms with Gasteiger partial charge in [0.25, 0.3) is 5.91 Å². The lowest BCUT2D eigenvalue weighted by Crippen LogP contribution is -2.17. The zero-order valence-corrected chi connectivity index (χ0v) is 13.9. The molecule has 5 heteroatoms. The second-order valence-electron chi connectivity index (χ2n) is 5.95. The molecule has 1 saturated carbocycles. The van der Waals surface area contributed by atoms with Crippen LogP contribution in [0.5, 0.6) is 0 Å². The van der Waals surface area contributed by atoms with Gasteiger partial charge in [-0.25, -0.2) is 0 Å². The Balaban J connectivity index is 1.73. The van der Waals surface area contributed by atoms with Crippen LogP contribution in [0.4, 0.5) is 11.4 Å².